The second-order valence-electron chi connectivity index (χ2n) is 7.58. The van der Waals surface area contributed by atoms with Crippen molar-refractivity contribution in [1.82, 2.24) is 9.88 Å². The van der Waals surface area contributed by atoms with Gasteiger partial charge in [-0.15, -0.1) is 0 Å². The van der Waals surface area contributed by atoms with Gasteiger partial charge in [-0.3, -0.25) is 4.79 Å². The van der Waals surface area contributed by atoms with Gasteiger partial charge in [-0.25, -0.2) is 0 Å². The van der Waals surface area contributed by atoms with E-state index in [0.717, 1.165) is 27.8 Å². The van der Waals surface area contributed by atoms with E-state index in [4.69, 9.17) is 14.2 Å². The largest absolute Gasteiger partial charge is 0.497 e. The maximum absolute atomic E-state index is 13.4. The van der Waals surface area contributed by atoms with Crippen LogP contribution in [0.2, 0.25) is 0 Å². The zero-order valence-corrected chi connectivity index (χ0v) is 19.1. The molecule has 1 unspecified atom stereocenters. The number of H-pyrrole nitrogens is 1. The van der Waals surface area contributed by atoms with Crippen LogP contribution in [0.15, 0.2) is 79.0 Å². The van der Waals surface area contributed by atoms with Gasteiger partial charge in [0, 0.05) is 29.2 Å². The number of benzene rings is 3. The molecule has 4 rings (SSSR count). The Morgan fingerprint density at radius 2 is 1.61 bits per heavy atom. The number of aromatic amines is 1. The zero-order valence-electron chi connectivity index (χ0n) is 19.1. The van der Waals surface area contributed by atoms with Crippen LogP contribution in [0.5, 0.6) is 17.2 Å². The van der Waals surface area contributed by atoms with Crippen LogP contribution in [0.25, 0.3) is 10.9 Å². The molecule has 6 heteroatoms. The lowest BCUT2D eigenvalue weighted by atomic mass is 9.96. The predicted octanol–water partition coefficient (Wildman–Crippen LogP) is 5.20. The monoisotopic (exact) mass is 444 g/mol. The van der Waals surface area contributed by atoms with E-state index in [0.29, 0.717) is 18.0 Å². The highest BCUT2D eigenvalue weighted by Crippen LogP contribution is 2.35. The van der Waals surface area contributed by atoms with Crippen molar-refractivity contribution < 1.29 is 19.0 Å². The molecule has 0 saturated carbocycles. The summed E-state index contributed by atoms with van der Waals surface area (Å²) in [6, 6.07) is 23.0. The molecule has 0 aliphatic carbocycles. The topological polar surface area (TPSA) is 63.8 Å². The van der Waals surface area contributed by atoms with E-state index in [2.05, 4.69) is 11.1 Å². The van der Waals surface area contributed by atoms with Crippen molar-refractivity contribution in [3.63, 3.8) is 0 Å². The first-order valence-corrected chi connectivity index (χ1v) is 10.9. The van der Waals surface area contributed by atoms with Gasteiger partial charge in [0.2, 0.25) is 0 Å². The van der Waals surface area contributed by atoms with Crippen LogP contribution in [0.1, 0.15) is 24.1 Å². The van der Waals surface area contributed by atoms with Gasteiger partial charge >= 0.3 is 0 Å². The number of ether oxygens (including phenoxy) is 3. The number of aromatic nitrogens is 1. The van der Waals surface area contributed by atoms with Crippen LogP contribution >= 0.6 is 0 Å². The van der Waals surface area contributed by atoms with Gasteiger partial charge < -0.3 is 24.1 Å². The smallest absolute Gasteiger partial charge is 0.261 e. The molecule has 170 valence electrons. The number of hydrogen-bond acceptors (Lipinski definition) is 4. The van der Waals surface area contributed by atoms with E-state index in [1.165, 1.54) is 0 Å². The Kier molecular flexibility index (Phi) is 6.83. The first-order chi connectivity index (χ1) is 16.2. The number of methoxy groups -OCH3 is 2. The van der Waals surface area contributed by atoms with Crippen molar-refractivity contribution >= 4 is 16.8 Å². The molecule has 0 bridgehead atoms. The molecule has 33 heavy (non-hydrogen) atoms. The van der Waals surface area contributed by atoms with E-state index in [1.807, 2.05) is 78.7 Å². The standard InChI is InChI=1S/C27H28N2O4/c1-4-29(26(30)18-33-25-12-8-7-11-24(25)32-3)27(19-13-15-20(31-2)16-14-19)22-17-28-23-10-6-5-9-21(22)23/h5-17,27-28H,4,18H2,1-3H3. The quantitative estimate of drug-likeness (QED) is 0.385. The van der Waals surface area contributed by atoms with Gasteiger partial charge in [0.05, 0.1) is 20.3 Å². The van der Waals surface area contributed by atoms with E-state index in [1.54, 1.807) is 20.3 Å². The molecule has 3 aromatic carbocycles. The molecule has 4 aromatic rings. The van der Waals surface area contributed by atoms with E-state index in [-0.39, 0.29) is 18.6 Å². The van der Waals surface area contributed by atoms with Crippen LogP contribution in [-0.4, -0.2) is 43.2 Å². The summed E-state index contributed by atoms with van der Waals surface area (Å²) in [5, 5.41) is 1.08. The predicted molar refractivity (Wildman–Crippen MR) is 129 cm³/mol. The number of carbonyl (C=O) groups is 1. The van der Waals surface area contributed by atoms with Gasteiger partial charge in [-0.05, 0) is 42.8 Å². The zero-order chi connectivity index (χ0) is 23.2. The third-order valence-corrected chi connectivity index (χ3v) is 5.74. The normalized spacial score (nSPS) is 11.7. The minimum Gasteiger partial charge on any atom is -0.497 e. The molecule has 0 saturated heterocycles. The molecule has 0 aliphatic rings. The number of fused-ring (bicyclic) bond motifs is 1. The highest BCUT2D eigenvalue weighted by Gasteiger charge is 2.28. The van der Waals surface area contributed by atoms with Gasteiger partial charge in [0.25, 0.3) is 5.91 Å². The van der Waals surface area contributed by atoms with Crippen molar-refractivity contribution in [2.24, 2.45) is 0 Å². The molecule has 1 atom stereocenters. The third kappa shape index (κ3) is 4.65. The highest BCUT2D eigenvalue weighted by atomic mass is 16.5. The summed E-state index contributed by atoms with van der Waals surface area (Å²) in [7, 11) is 3.22. The van der Waals surface area contributed by atoms with Gasteiger partial charge in [-0.2, -0.15) is 0 Å². The summed E-state index contributed by atoms with van der Waals surface area (Å²) in [5.41, 5.74) is 3.05. The number of rotatable bonds is 9. The molecule has 1 aromatic heterocycles. The SMILES string of the molecule is CCN(C(=O)COc1ccccc1OC)C(c1ccc(OC)cc1)c1c[nH]c2ccccc12. The van der Waals surface area contributed by atoms with Crippen LogP contribution in [-0.2, 0) is 4.79 Å². The van der Waals surface area contributed by atoms with Crippen LogP contribution in [0.4, 0.5) is 0 Å². The van der Waals surface area contributed by atoms with Crippen molar-refractivity contribution in [1.29, 1.82) is 0 Å². The molecular formula is C27H28N2O4. The summed E-state index contributed by atoms with van der Waals surface area (Å²) >= 11 is 0. The lowest BCUT2D eigenvalue weighted by Gasteiger charge is -2.31. The summed E-state index contributed by atoms with van der Waals surface area (Å²) in [4.78, 5) is 18.6. The summed E-state index contributed by atoms with van der Waals surface area (Å²) in [6.07, 6.45) is 1.98. The minimum atomic E-state index is -0.286. The van der Waals surface area contributed by atoms with Crippen LogP contribution in [0.3, 0.4) is 0 Å². The number of nitrogens with zero attached hydrogens (tertiary/aromatic N) is 1. The number of carbonyl (C=O) groups excluding carboxylic acids is 1. The summed E-state index contributed by atoms with van der Waals surface area (Å²) < 4.78 is 16.5. The number of hydrogen-bond donors (Lipinski definition) is 1. The number of likely N-dealkylation sites (N-methyl/N-ethyl adjacent to an activating group) is 1. The Bertz CT molecular complexity index is 1220. The van der Waals surface area contributed by atoms with Crippen molar-refractivity contribution in [2.75, 3.05) is 27.4 Å². The third-order valence-electron chi connectivity index (χ3n) is 5.74. The average molecular weight is 445 g/mol. The van der Waals surface area contributed by atoms with Crippen molar-refractivity contribution in [3.8, 4) is 17.2 Å². The second-order valence-corrected chi connectivity index (χ2v) is 7.58. The lowest BCUT2D eigenvalue weighted by molar-refractivity contribution is -0.134. The minimum absolute atomic E-state index is 0.0940. The fraction of sp³-hybridized carbons (Fsp3) is 0.222. The van der Waals surface area contributed by atoms with Crippen LogP contribution in [0, 0.1) is 0 Å². The number of nitrogens with one attached hydrogen (secondary N) is 1. The summed E-state index contributed by atoms with van der Waals surface area (Å²) in [6.45, 7) is 2.40. The van der Waals surface area contributed by atoms with E-state index >= 15 is 0 Å². The first kappa shape index (κ1) is 22.3. The molecule has 0 fully saturated rings. The Hall–Kier alpha value is -3.93. The molecular weight excluding hydrogens is 416 g/mol. The van der Waals surface area contributed by atoms with Crippen LogP contribution < -0.4 is 14.2 Å². The van der Waals surface area contributed by atoms with Gasteiger partial charge in [-0.1, -0.05) is 42.5 Å². The average Bonchev–Trinajstić information content (AvgIpc) is 3.29. The van der Waals surface area contributed by atoms with Crippen molar-refractivity contribution in [3.05, 3.63) is 90.1 Å². The lowest BCUT2D eigenvalue weighted by Crippen LogP contribution is -2.38. The molecule has 1 N–H and O–H groups in total. The second kappa shape index (κ2) is 10.1. The highest BCUT2D eigenvalue weighted by molar-refractivity contribution is 5.86. The maximum Gasteiger partial charge on any atom is 0.261 e. The number of amides is 1. The molecule has 1 amide bonds. The number of para-hydroxylation sites is 3. The summed E-state index contributed by atoms with van der Waals surface area (Å²) in [5.74, 6) is 1.79. The molecule has 1 heterocycles. The molecule has 6 nitrogen and oxygen atoms in total. The Balaban J connectivity index is 1.69. The van der Waals surface area contributed by atoms with E-state index < -0.39 is 0 Å². The Morgan fingerprint density at radius 3 is 2.30 bits per heavy atom. The molecule has 0 radical (unpaired) electrons. The van der Waals surface area contributed by atoms with Gasteiger partial charge in [0.15, 0.2) is 18.1 Å². The fourth-order valence-electron chi connectivity index (χ4n) is 4.10. The maximum atomic E-state index is 13.4. The van der Waals surface area contributed by atoms with Gasteiger partial charge in [0.1, 0.15) is 5.75 Å². The first-order valence-electron chi connectivity index (χ1n) is 10.9. The molecule has 0 spiro atoms. The van der Waals surface area contributed by atoms with Crippen molar-refractivity contribution in [2.45, 2.75) is 13.0 Å². The fourth-order valence-corrected chi connectivity index (χ4v) is 4.10. The van der Waals surface area contributed by atoms with E-state index in [9.17, 15) is 4.79 Å². The Morgan fingerprint density at radius 1 is 0.909 bits per heavy atom. The Labute approximate surface area is 193 Å². The molecule has 0 aliphatic heterocycles.